The molecule has 1 aliphatic carbocycles. The Labute approximate surface area is 153 Å². The van der Waals surface area contributed by atoms with Crippen LogP contribution in [-0.4, -0.2) is 18.3 Å². The number of hydrogen-bond acceptors (Lipinski definition) is 5. The van der Waals surface area contributed by atoms with Gasteiger partial charge in [0.15, 0.2) is 0 Å². The Morgan fingerprint density at radius 2 is 2.04 bits per heavy atom. The van der Waals surface area contributed by atoms with Gasteiger partial charge in [-0.25, -0.2) is 9.79 Å². The van der Waals surface area contributed by atoms with E-state index in [0.717, 1.165) is 31.2 Å². The molecule has 2 rings (SSSR count). The van der Waals surface area contributed by atoms with Crippen LogP contribution in [0.2, 0.25) is 0 Å². The number of halogens is 1. The van der Waals surface area contributed by atoms with Gasteiger partial charge in [-0.2, -0.15) is 0 Å². The Morgan fingerprint density at radius 3 is 2.65 bits per heavy atom. The first kappa shape index (κ1) is 20.2. The number of allylic oxidation sites excluding steroid dienone is 2. The van der Waals surface area contributed by atoms with E-state index in [2.05, 4.69) is 30.2 Å². The number of thiophene rings is 1. The van der Waals surface area contributed by atoms with Gasteiger partial charge in [0.05, 0.1) is 12.2 Å². The summed E-state index contributed by atoms with van der Waals surface area (Å²) in [7, 11) is 4.20. The van der Waals surface area contributed by atoms with E-state index in [9.17, 15) is 9.90 Å². The van der Waals surface area contributed by atoms with E-state index in [1.165, 1.54) is 17.9 Å². The van der Waals surface area contributed by atoms with Gasteiger partial charge in [-0.1, -0.05) is 13.0 Å². The fourth-order valence-electron chi connectivity index (χ4n) is 2.53. The van der Waals surface area contributed by atoms with Gasteiger partial charge in [0.2, 0.25) is 0 Å². The third-order valence-corrected chi connectivity index (χ3v) is 4.51. The molecule has 0 atom stereocenters. The van der Waals surface area contributed by atoms with E-state index in [0.29, 0.717) is 22.9 Å². The number of rotatable bonds is 4. The number of carbonyl (C=O) groups excluding carboxylic acids is 1. The Morgan fingerprint density at radius 1 is 1.39 bits per heavy atom. The molecule has 1 aromatic rings. The van der Waals surface area contributed by atoms with Crippen molar-refractivity contribution in [1.29, 1.82) is 0 Å². The summed E-state index contributed by atoms with van der Waals surface area (Å²) in [6, 6.07) is 0. The molecule has 0 amide bonds. The van der Waals surface area contributed by atoms with Crippen molar-refractivity contribution in [2.75, 3.05) is 6.61 Å². The van der Waals surface area contributed by atoms with E-state index in [-0.39, 0.29) is 11.7 Å². The maximum absolute atomic E-state index is 12.2. The Balaban J connectivity index is 0.00000127. The van der Waals surface area contributed by atoms with Crippen LogP contribution in [0.1, 0.15) is 54.4 Å². The van der Waals surface area contributed by atoms with Crippen molar-refractivity contribution in [2.45, 2.75) is 46.5 Å². The fourth-order valence-corrected chi connectivity index (χ4v) is 3.84. The molecular weight excluding hydrogens is 385 g/mol. The van der Waals surface area contributed by atoms with Crippen LogP contribution in [0, 0.1) is 0 Å². The van der Waals surface area contributed by atoms with Gasteiger partial charge in [-0.05, 0) is 45.1 Å². The van der Waals surface area contributed by atoms with E-state index >= 15 is 0 Å². The van der Waals surface area contributed by atoms with Gasteiger partial charge in [0.1, 0.15) is 5.00 Å². The predicted molar refractivity (Wildman–Crippen MR) is 89.3 cm³/mol. The quantitative estimate of drug-likeness (QED) is 0.331. The second kappa shape index (κ2) is 10.1. The monoisotopic (exact) mass is 404 g/mol. The summed E-state index contributed by atoms with van der Waals surface area (Å²) in [6.07, 6.45) is 5.63. The van der Waals surface area contributed by atoms with Gasteiger partial charge < -0.3 is 9.84 Å². The molecule has 131 valence electrons. The normalized spacial score (nSPS) is 14.7. The van der Waals surface area contributed by atoms with Crippen LogP contribution in [0.4, 0.5) is 5.00 Å². The molecule has 1 aromatic heterocycles. The number of nitrogens with zero attached hydrogens (tertiary/aromatic N) is 1. The van der Waals surface area contributed by atoms with Gasteiger partial charge in [0.25, 0.3) is 0 Å². The van der Waals surface area contributed by atoms with E-state index < -0.39 is 0 Å². The average molecular weight is 405 g/mol. The third-order valence-electron chi connectivity index (χ3n) is 3.32. The zero-order chi connectivity index (χ0) is 17.4. The topological polar surface area (TPSA) is 61.7 Å². The number of esters is 1. The average Bonchev–Trinajstić information content (AvgIpc) is 2.86. The molecule has 0 aromatic carbocycles. The fraction of sp³-hybridized carbons (Fsp3) is 0.500. The molecule has 0 N–H and O–H groups in total. The molecule has 0 fully saturated rings. The van der Waals surface area contributed by atoms with Crippen molar-refractivity contribution in [3.8, 4) is 0 Å². The number of aryl methyl sites for hydroxylation is 1. The first-order valence-electron chi connectivity index (χ1n) is 7.36. The Kier molecular flexibility index (Phi) is 8.92. The van der Waals surface area contributed by atoms with Crippen LogP contribution in [0.15, 0.2) is 16.8 Å². The summed E-state index contributed by atoms with van der Waals surface area (Å²) < 4.78 is 5.18. The molecular formula is C16H20ClCuNO3S. The number of ether oxygens (including phenoxy) is 1. The maximum atomic E-state index is 12.2. The number of hydrogen-bond donors (Lipinski definition) is 0. The SMILES string of the molecule is CCOC(=O)c1c(/N=C(C)/C=C(/C)[O-])sc2c1CCCC2.[Cl][Cu+]. The molecule has 0 spiro atoms. The minimum absolute atomic E-state index is 0.0461. The summed E-state index contributed by atoms with van der Waals surface area (Å²) in [5, 5.41) is 11.8. The molecule has 0 bridgehead atoms. The summed E-state index contributed by atoms with van der Waals surface area (Å²) >= 11 is 5.21. The van der Waals surface area contributed by atoms with Crippen LogP contribution in [-0.2, 0) is 32.7 Å². The van der Waals surface area contributed by atoms with Gasteiger partial charge in [-0.15, -0.1) is 17.1 Å². The van der Waals surface area contributed by atoms with Crippen molar-refractivity contribution in [3.05, 3.63) is 27.8 Å². The number of aliphatic imine (C=N–C) groups is 1. The van der Waals surface area contributed by atoms with Crippen molar-refractivity contribution in [2.24, 2.45) is 4.99 Å². The summed E-state index contributed by atoms with van der Waals surface area (Å²) in [5.74, 6) is -0.346. The van der Waals surface area contributed by atoms with Gasteiger partial charge in [-0.3, -0.25) is 0 Å². The predicted octanol–water partition coefficient (Wildman–Crippen LogP) is 3.85. The summed E-state index contributed by atoms with van der Waals surface area (Å²) in [5.41, 5.74) is 2.32. The molecule has 0 saturated carbocycles. The van der Waals surface area contributed by atoms with E-state index in [1.807, 2.05) is 0 Å². The van der Waals surface area contributed by atoms with E-state index in [1.54, 1.807) is 25.2 Å². The molecule has 7 heteroatoms. The van der Waals surface area contributed by atoms with Crippen molar-refractivity contribution in [1.82, 2.24) is 0 Å². The molecule has 1 aliphatic rings. The minimum atomic E-state index is -0.300. The standard InChI is InChI=1S/C16H21NO3S.ClH.Cu/c1-4-20-16(19)14-12-7-5-6-8-13(12)21-15(14)17-10(2)9-11(3)18;;/h9,18H,4-8H2,1-3H3;1H;/q;;+2/p-2/b11-9-,17-10+;;. The number of carbonyl (C=O) groups is 1. The van der Waals surface area contributed by atoms with E-state index in [4.69, 9.17) is 4.74 Å². The molecule has 4 nitrogen and oxygen atoms in total. The summed E-state index contributed by atoms with van der Waals surface area (Å²) in [6.45, 7) is 5.42. The van der Waals surface area contributed by atoms with Crippen LogP contribution >= 0.6 is 21.4 Å². The second-order valence-electron chi connectivity index (χ2n) is 5.12. The van der Waals surface area contributed by atoms with Gasteiger partial charge >= 0.3 is 31.2 Å². The first-order valence-corrected chi connectivity index (χ1v) is 9.47. The third kappa shape index (κ3) is 5.64. The number of fused-ring (bicyclic) bond motifs is 1. The Bertz CT molecular complexity index is 607. The molecule has 23 heavy (non-hydrogen) atoms. The zero-order valence-corrected chi connectivity index (χ0v) is 15.9. The molecule has 0 saturated heterocycles. The first-order chi connectivity index (χ1) is 11.0. The van der Waals surface area contributed by atoms with Crippen LogP contribution in [0.3, 0.4) is 0 Å². The Hall–Kier alpha value is -0.811. The second-order valence-corrected chi connectivity index (χ2v) is 6.20. The van der Waals surface area contributed by atoms with Gasteiger partial charge in [0, 0.05) is 10.6 Å². The molecule has 1 heterocycles. The zero-order valence-electron chi connectivity index (χ0n) is 13.4. The molecule has 0 unspecified atom stereocenters. The molecule has 0 aliphatic heterocycles. The van der Waals surface area contributed by atoms with Crippen molar-refractivity contribution in [3.63, 3.8) is 0 Å². The molecule has 0 radical (unpaired) electrons. The van der Waals surface area contributed by atoms with Crippen molar-refractivity contribution >= 4 is 38.1 Å². The van der Waals surface area contributed by atoms with Crippen LogP contribution in [0.5, 0.6) is 0 Å². The van der Waals surface area contributed by atoms with Crippen molar-refractivity contribution < 1.29 is 29.7 Å². The van der Waals surface area contributed by atoms with Crippen LogP contribution < -0.4 is 5.11 Å². The van der Waals surface area contributed by atoms with Crippen LogP contribution in [0.25, 0.3) is 0 Å². The summed E-state index contributed by atoms with van der Waals surface area (Å²) in [4.78, 5) is 17.9.